The van der Waals surface area contributed by atoms with Gasteiger partial charge in [-0.3, -0.25) is 19.7 Å². The summed E-state index contributed by atoms with van der Waals surface area (Å²) in [6.45, 7) is 1.72. The number of hydrogen-bond acceptors (Lipinski definition) is 7. The van der Waals surface area contributed by atoms with Crippen LogP contribution in [-0.2, 0) is 15.2 Å². The van der Waals surface area contributed by atoms with E-state index < -0.39 is 35.2 Å². The zero-order valence-electron chi connectivity index (χ0n) is 16.2. The Morgan fingerprint density at radius 2 is 2.16 bits per heavy atom. The second kappa shape index (κ2) is 8.51. The van der Waals surface area contributed by atoms with Crippen LogP contribution >= 0.6 is 11.6 Å². The van der Waals surface area contributed by atoms with Crippen molar-refractivity contribution in [2.45, 2.75) is 25.4 Å². The number of aliphatic hydroxyl groups is 1. The highest BCUT2D eigenvalue weighted by molar-refractivity contribution is 6.31. The lowest BCUT2D eigenvalue weighted by atomic mass is 9.87. The quantitative estimate of drug-likeness (QED) is 0.355. The third kappa shape index (κ3) is 4.37. The predicted molar refractivity (Wildman–Crippen MR) is 111 cm³/mol. The molecule has 1 aliphatic heterocycles. The lowest BCUT2D eigenvalue weighted by Gasteiger charge is -2.22. The normalized spacial score (nSPS) is 17.5. The molecular weight excluding hydrogens is 426 g/mol. The summed E-state index contributed by atoms with van der Waals surface area (Å²) >= 11 is 6.11. The summed E-state index contributed by atoms with van der Waals surface area (Å²) in [5.41, 5.74) is 1.32. The van der Waals surface area contributed by atoms with Crippen molar-refractivity contribution in [1.82, 2.24) is 5.43 Å². The molecule has 0 spiro atoms. The summed E-state index contributed by atoms with van der Waals surface area (Å²) in [6.07, 6.45) is -0.881. The Morgan fingerprint density at radius 3 is 2.84 bits per heavy atom. The van der Waals surface area contributed by atoms with E-state index in [1.54, 1.807) is 19.1 Å². The van der Waals surface area contributed by atoms with Crippen molar-refractivity contribution in [3.63, 3.8) is 0 Å². The molecule has 0 saturated carbocycles. The van der Waals surface area contributed by atoms with Crippen LogP contribution in [-0.4, -0.2) is 27.6 Å². The zero-order valence-corrected chi connectivity index (χ0v) is 16.9. The third-order valence-corrected chi connectivity index (χ3v) is 4.95. The lowest BCUT2D eigenvalue weighted by Crippen LogP contribution is -2.37. The lowest BCUT2D eigenvalue weighted by molar-refractivity contribution is -0.384. The number of hydrazone groups is 1. The smallest absolute Gasteiger partial charge is 0.270 e. The van der Waals surface area contributed by atoms with E-state index in [4.69, 9.17) is 16.9 Å². The van der Waals surface area contributed by atoms with E-state index in [2.05, 4.69) is 15.8 Å². The van der Waals surface area contributed by atoms with Gasteiger partial charge in [0.05, 0.1) is 22.4 Å². The van der Waals surface area contributed by atoms with Gasteiger partial charge in [0.25, 0.3) is 17.5 Å². The van der Waals surface area contributed by atoms with Crippen LogP contribution < -0.4 is 10.7 Å². The van der Waals surface area contributed by atoms with Gasteiger partial charge < -0.3 is 10.4 Å². The Hall–Kier alpha value is -3.81. The Bertz CT molecular complexity index is 1170. The fourth-order valence-corrected chi connectivity index (χ4v) is 3.51. The average molecular weight is 442 g/mol. The van der Waals surface area contributed by atoms with Crippen LogP contribution in [0, 0.1) is 28.4 Å². The Balaban J connectivity index is 2.07. The number of hydrogen-bond donors (Lipinski definition) is 3. The van der Waals surface area contributed by atoms with Crippen LogP contribution in [0.1, 0.15) is 29.5 Å². The molecule has 2 amide bonds. The zero-order chi connectivity index (χ0) is 22.8. The highest BCUT2D eigenvalue weighted by Crippen LogP contribution is 2.42. The van der Waals surface area contributed by atoms with Crippen LogP contribution in [0.25, 0.3) is 0 Å². The van der Waals surface area contributed by atoms with E-state index in [0.717, 1.165) is 0 Å². The van der Waals surface area contributed by atoms with Crippen molar-refractivity contribution in [3.05, 3.63) is 68.2 Å². The second-order valence-electron chi connectivity index (χ2n) is 6.87. The molecule has 3 N–H and O–H groups in total. The first kappa shape index (κ1) is 21.9. The molecule has 31 heavy (non-hydrogen) atoms. The van der Waals surface area contributed by atoms with Gasteiger partial charge in [0.15, 0.2) is 5.60 Å². The number of non-ortho nitro benzene ring substituents is 1. The van der Waals surface area contributed by atoms with E-state index in [1.165, 1.54) is 30.3 Å². The number of halogens is 1. The number of nitro benzene ring substituents is 1. The van der Waals surface area contributed by atoms with Gasteiger partial charge >= 0.3 is 0 Å². The van der Waals surface area contributed by atoms with E-state index in [0.29, 0.717) is 16.3 Å². The summed E-state index contributed by atoms with van der Waals surface area (Å²) in [6, 6.07) is 10.1. The fraction of sp³-hybridized carbons (Fsp3) is 0.200. The minimum absolute atomic E-state index is 0.00174. The SMILES string of the molecule is Cc1cc(Cl)cc2c1NC(=O)C2(O)C/C(=N/NC(=O)CC#N)c1cccc([N+](=O)[O-])c1. The molecule has 2 aromatic carbocycles. The van der Waals surface area contributed by atoms with Crippen molar-refractivity contribution in [2.75, 3.05) is 5.32 Å². The molecule has 1 unspecified atom stereocenters. The molecular formula is C20H16ClN5O5. The molecule has 1 atom stereocenters. The standard InChI is InChI=1S/C20H16ClN5O5/c1-11-7-13(21)9-15-18(11)23-19(28)20(15,29)10-16(24-25-17(27)5-6-22)12-3-2-4-14(8-12)26(30)31/h2-4,7-9,29H,5,10H2,1H3,(H,23,28)(H,25,27)/b24-16-. The molecule has 158 valence electrons. The Morgan fingerprint density at radius 1 is 1.42 bits per heavy atom. The molecule has 0 aliphatic carbocycles. The van der Waals surface area contributed by atoms with Crippen LogP contribution in [0.3, 0.4) is 0 Å². The number of amides is 2. The maximum atomic E-state index is 12.7. The monoisotopic (exact) mass is 441 g/mol. The molecule has 0 saturated heterocycles. The fourth-order valence-electron chi connectivity index (χ4n) is 3.24. The van der Waals surface area contributed by atoms with Crippen LogP contribution in [0.5, 0.6) is 0 Å². The van der Waals surface area contributed by atoms with Gasteiger partial charge in [0.2, 0.25) is 0 Å². The van der Waals surface area contributed by atoms with E-state index in [-0.39, 0.29) is 22.5 Å². The number of nitrogens with zero attached hydrogens (tertiary/aromatic N) is 3. The predicted octanol–water partition coefficient (Wildman–Crippen LogP) is 2.52. The van der Waals surface area contributed by atoms with Crippen molar-refractivity contribution in [3.8, 4) is 6.07 Å². The first-order valence-corrected chi connectivity index (χ1v) is 9.35. The summed E-state index contributed by atoms with van der Waals surface area (Å²) in [5, 5.41) is 38.0. The number of nitriles is 1. The summed E-state index contributed by atoms with van der Waals surface area (Å²) in [7, 11) is 0. The summed E-state index contributed by atoms with van der Waals surface area (Å²) in [5.74, 6) is -1.44. The first-order valence-electron chi connectivity index (χ1n) is 8.97. The second-order valence-corrected chi connectivity index (χ2v) is 7.31. The van der Waals surface area contributed by atoms with Crippen molar-refractivity contribution < 1.29 is 19.6 Å². The van der Waals surface area contributed by atoms with Gasteiger partial charge in [-0.2, -0.15) is 10.4 Å². The molecule has 0 aromatic heterocycles. The molecule has 2 aromatic rings. The van der Waals surface area contributed by atoms with Crippen LogP contribution in [0.2, 0.25) is 5.02 Å². The number of fused-ring (bicyclic) bond motifs is 1. The molecule has 1 aliphatic rings. The number of carbonyl (C=O) groups excluding carboxylic acids is 2. The number of anilines is 1. The van der Waals surface area contributed by atoms with Crippen LogP contribution in [0.15, 0.2) is 41.5 Å². The summed E-state index contributed by atoms with van der Waals surface area (Å²) in [4.78, 5) is 35.0. The molecule has 3 rings (SSSR count). The highest BCUT2D eigenvalue weighted by Gasteiger charge is 2.47. The average Bonchev–Trinajstić information content (AvgIpc) is 2.96. The summed E-state index contributed by atoms with van der Waals surface area (Å²) < 4.78 is 0. The highest BCUT2D eigenvalue weighted by atomic mass is 35.5. The number of nitro groups is 1. The largest absolute Gasteiger partial charge is 0.375 e. The minimum atomic E-state index is -2.09. The maximum Gasteiger partial charge on any atom is 0.270 e. The van der Waals surface area contributed by atoms with Crippen molar-refractivity contribution in [2.24, 2.45) is 5.10 Å². The third-order valence-electron chi connectivity index (χ3n) is 4.73. The van der Waals surface area contributed by atoms with E-state index in [1.807, 2.05) is 0 Å². The number of nitrogens with one attached hydrogen (secondary N) is 2. The minimum Gasteiger partial charge on any atom is -0.375 e. The topological polar surface area (TPSA) is 158 Å². The molecule has 11 heteroatoms. The Labute approximate surface area is 181 Å². The van der Waals surface area contributed by atoms with Gasteiger partial charge in [-0.15, -0.1) is 0 Å². The van der Waals surface area contributed by atoms with Gasteiger partial charge in [-0.05, 0) is 24.6 Å². The number of rotatable bonds is 6. The van der Waals surface area contributed by atoms with Gasteiger partial charge in [0, 0.05) is 34.7 Å². The van der Waals surface area contributed by atoms with E-state index in [9.17, 15) is 24.8 Å². The van der Waals surface area contributed by atoms with Crippen molar-refractivity contribution >= 4 is 40.5 Å². The van der Waals surface area contributed by atoms with Crippen molar-refractivity contribution in [1.29, 1.82) is 5.26 Å². The first-order chi connectivity index (χ1) is 14.7. The Kier molecular flexibility index (Phi) is 6.01. The van der Waals surface area contributed by atoms with Gasteiger partial charge in [-0.1, -0.05) is 23.7 Å². The molecule has 1 heterocycles. The molecule has 0 bridgehead atoms. The maximum absolute atomic E-state index is 12.7. The van der Waals surface area contributed by atoms with E-state index >= 15 is 0 Å². The van der Waals surface area contributed by atoms with Gasteiger partial charge in [-0.25, -0.2) is 5.43 Å². The number of benzene rings is 2. The molecule has 0 fully saturated rings. The molecule has 10 nitrogen and oxygen atoms in total. The molecule has 0 radical (unpaired) electrons. The number of aryl methyl sites for hydroxylation is 1. The number of carbonyl (C=O) groups is 2. The van der Waals surface area contributed by atoms with Gasteiger partial charge in [0.1, 0.15) is 6.42 Å². The van der Waals surface area contributed by atoms with Crippen LogP contribution in [0.4, 0.5) is 11.4 Å².